The van der Waals surface area contributed by atoms with E-state index in [1.165, 1.54) is 0 Å². The number of hydrogen-bond donors (Lipinski definition) is 2. The van der Waals surface area contributed by atoms with Gasteiger partial charge < -0.3 is 4.74 Å². The van der Waals surface area contributed by atoms with E-state index in [1.807, 2.05) is 20.8 Å². The van der Waals surface area contributed by atoms with Gasteiger partial charge in [-0.2, -0.15) is 0 Å². The van der Waals surface area contributed by atoms with Gasteiger partial charge in [0, 0.05) is 5.02 Å². The van der Waals surface area contributed by atoms with Crippen LogP contribution in [0.2, 0.25) is 5.02 Å². The van der Waals surface area contributed by atoms with Crippen LogP contribution < -0.4 is 16.0 Å². The number of amides is 1. The van der Waals surface area contributed by atoms with Crippen molar-refractivity contribution in [2.75, 3.05) is 0 Å². The Morgan fingerprint density at radius 2 is 2.12 bits per heavy atom. The van der Waals surface area contributed by atoms with Gasteiger partial charge in [-0.1, -0.05) is 25.4 Å². The molecule has 0 spiro atoms. The lowest BCUT2D eigenvalue weighted by atomic mass is 10.1. The van der Waals surface area contributed by atoms with Crippen LogP contribution in [-0.4, -0.2) is 12.0 Å². The molecule has 17 heavy (non-hydrogen) atoms. The molecule has 5 heteroatoms. The van der Waals surface area contributed by atoms with Crippen molar-refractivity contribution >= 4 is 17.5 Å². The molecule has 0 saturated heterocycles. The minimum absolute atomic E-state index is 0.0227. The van der Waals surface area contributed by atoms with Gasteiger partial charge in [-0.05, 0) is 36.6 Å². The maximum absolute atomic E-state index is 11.5. The van der Waals surface area contributed by atoms with E-state index in [1.54, 1.807) is 18.2 Å². The topological polar surface area (TPSA) is 64.3 Å². The van der Waals surface area contributed by atoms with Crippen LogP contribution in [0.5, 0.6) is 5.75 Å². The molecular formula is C12H17ClN2O2. The van der Waals surface area contributed by atoms with E-state index in [0.717, 1.165) is 5.56 Å². The van der Waals surface area contributed by atoms with Crippen molar-refractivity contribution in [1.29, 1.82) is 0 Å². The lowest BCUT2D eigenvalue weighted by Crippen LogP contribution is -2.44. The number of rotatable bonds is 4. The molecule has 1 unspecified atom stereocenters. The minimum atomic E-state index is -0.611. The maximum atomic E-state index is 11.5. The van der Waals surface area contributed by atoms with E-state index in [-0.39, 0.29) is 11.8 Å². The summed E-state index contributed by atoms with van der Waals surface area (Å²) in [6, 6.07) is 5.26. The molecule has 0 aliphatic heterocycles. The van der Waals surface area contributed by atoms with Gasteiger partial charge in [-0.3, -0.25) is 10.2 Å². The van der Waals surface area contributed by atoms with Crippen molar-refractivity contribution in [2.45, 2.75) is 26.9 Å². The standard InChI is InChI=1S/C12H17ClN2O2/c1-7(2)11(12(16)15-14)17-9-4-5-10(13)8(3)6-9/h4-7,11H,14H2,1-3H3,(H,15,16). The number of benzene rings is 1. The molecule has 0 radical (unpaired) electrons. The summed E-state index contributed by atoms with van der Waals surface area (Å²) in [6.45, 7) is 5.66. The fourth-order valence-corrected chi connectivity index (χ4v) is 1.53. The number of ether oxygens (including phenoxy) is 1. The predicted molar refractivity (Wildman–Crippen MR) is 67.8 cm³/mol. The number of nitrogens with two attached hydrogens (primary N) is 1. The van der Waals surface area contributed by atoms with Crippen LogP contribution >= 0.6 is 11.6 Å². The third-order valence-electron chi connectivity index (χ3n) is 2.40. The quantitative estimate of drug-likeness (QED) is 0.492. The van der Waals surface area contributed by atoms with Crippen molar-refractivity contribution in [3.63, 3.8) is 0 Å². The second-order valence-electron chi connectivity index (χ2n) is 4.20. The van der Waals surface area contributed by atoms with E-state index in [0.29, 0.717) is 10.8 Å². The molecule has 1 amide bonds. The second-order valence-corrected chi connectivity index (χ2v) is 4.61. The highest BCUT2D eigenvalue weighted by molar-refractivity contribution is 6.31. The van der Waals surface area contributed by atoms with Crippen LogP contribution in [0.25, 0.3) is 0 Å². The molecular weight excluding hydrogens is 240 g/mol. The first-order chi connectivity index (χ1) is 7.95. The third kappa shape index (κ3) is 3.61. The molecule has 0 heterocycles. The summed E-state index contributed by atoms with van der Waals surface area (Å²) in [6.07, 6.45) is -0.611. The Bertz CT molecular complexity index is 407. The monoisotopic (exact) mass is 256 g/mol. The molecule has 1 rings (SSSR count). The van der Waals surface area contributed by atoms with E-state index >= 15 is 0 Å². The van der Waals surface area contributed by atoms with Gasteiger partial charge in [-0.15, -0.1) is 0 Å². The van der Waals surface area contributed by atoms with E-state index < -0.39 is 6.10 Å². The summed E-state index contributed by atoms with van der Waals surface area (Å²) in [4.78, 5) is 11.5. The average Bonchev–Trinajstić information content (AvgIpc) is 2.29. The summed E-state index contributed by atoms with van der Waals surface area (Å²) in [5.41, 5.74) is 3.01. The second kappa shape index (κ2) is 5.89. The number of aryl methyl sites for hydroxylation is 1. The molecule has 0 bridgehead atoms. The number of carbonyl (C=O) groups is 1. The maximum Gasteiger partial charge on any atom is 0.275 e. The first-order valence-corrected chi connectivity index (χ1v) is 5.76. The fourth-order valence-electron chi connectivity index (χ4n) is 1.41. The molecule has 0 aliphatic rings. The zero-order chi connectivity index (χ0) is 13.0. The van der Waals surface area contributed by atoms with Crippen molar-refractivity contribution in [3.8, 4) is 5.75 Å². The Kier molecular flexibility index (Phi) is 4.78. The Morgan fingerprint density at radius 3 is 2.59 bits per heavy atom. The SMILES string of the molecule is Cc1cc(OC(C(=O)NN)C(C)C)ccc1Cl. The predicted octanol–water partition coefficient (Wildman–Crippen LogP) is 2.04. The molecule has 4 nitrogen and oxygen atoms in total. The number of halogens is 1. The number of nitrogens with one attached hydrogen (secondary N) is 1. The largest absolute Gasteiger partial charge is 0.480 e. The summed E-state index contributed by atoms with van der Waals surface area (Å²) in [5.74, 6) is 5.41. The molecule has 94 valence electrons. The summed E-state index contributed by atoms with van der Waals surface area (Å²) >= 11 is 5.91. The number of hydrogen-bond acceptors (Lipinski definition) is 3. The average molecular weight is 257 g/mol. The first kappa shape index (κ1) is 13.8. The molecule has 1 aromatic rings. The normalized spacial score (nSPS) is 12.4. The molecule has 1 aromatic carbocycles. The van der Waals surface area contributed by atoms with Crippen LogP contribution in [0.1, 0.15) is 19.4 Å². The van der Waals surface area contributed by atoms with Gasteiger partial charge in [0.05, 0.1) is 0 Å². The van der Waals surface area contributed by atoms with E-state index in [9.17, 15) is 4.79 Å². The van der Waals surface area contributed by atoms with Crippen LogP contribution in [0.4, 0.5) is 0 Å². The zero-order valence-corrected chi connectivity index (χ0v) is 10.9. The molecule has 0 aromatic heterocycles. The van der Waals surface area contributed by atoms with Gasteiger partial charge in [0.2, 0.25) is 0 Å². The Balaban J connectivity index is 2.86. The highest BCUT2D eigenvalue weighted by atomic mass is 35.5. The lowest BCUT2D eigenvalue weighted by molar-refractivity contribution is -0.129. The zero-order valence-electron chi connectivity index (χ0n) is 10.2. The van der Waals surface area contributed by atoms with Gasteiger partial charge in [-0.25, -0.2) is 5.84 Å². The van der Waals surface area contributed by atoms with E-state index in [4.69, 9.17) is 22.2 Å². The molecule has 0 saturated carbocycles. The summed E-state index contributed by atoms with van der Waals surface area (Å²) in [5, 5.41) is 0.668. The van der Waals surface area contributed by atoms with Crippen LogP contribution in [0, 0.1) is 12.8 Å². The van der Waals surface area contributed by atoms with Crippen molar-refractivity contribution in [1.82, 2.24) is 5.43 Å². The highest BCUT2D eigenvalue weighted by Crippen LogP contribution is 2.23. The number of hydrazine groups is 1. The van der Waals surface area contributed by atoms with Crippen LogP contribution in [-0.2, 0) is 4.79 Å². The fraction of sp³-hybridized carbons (Fsp3) is 0.417. The third-order valence-corrected chi connectivity index (χ3v) is 2.82. The van der Waals surface area contributed by atoms with Crippen molar-refractivity contribution in [2.24, 2.45) is 11.8 Å². The molecule has 1 atom stereocenters. The summed E-state index contributed by atoms with van der Waals surface area (Å²) < 4.78 is 5.61. The lowest BCUT2D eigenvalue weighted by Gasteiger charge is -2.21. The van der Waals surface area contributed by atoms with E-state index in [2.05, 4.69) is 5.43 Å². The van der Waals surface area contributed by atoms with Crippen LogP contribution in [0.15, 0.2) is 18.2 Å². The molecule has 0 aliphatic carbocycles. The Hall–Kier alpha value is -1.26. The molecule has 3 N–H and O–H groups in total. The number of carbonyl (C=O) groups excluding carboxylic acids is 1. The first-order valence-electron chi connectivity index (χ1n) is 5.39. The van der Waals surface area contributed by atoms with Gasteiger partial charge >= 0.3 is 0 Å². The Morgan fingerprint density at radius 1 is 1.47 bits per heavy atom. The highest BCUT2D eigenvalue weighted by Gasteiger charge is 2.23. The smallest absolute Gasteiger partial charge is 0.275 e. The van der Waals surface area contributed by atoms with Crippen molar-refractivity contribution < 1.29 is 9.53 Å². The van der Waals surface area contributed by atoms with Gasteiger partial charge in [0.15, 0.2) is 6.10 Å². The Labute approximate surface area is 106 Å². The molecule has 0 fully saturated rings. The van der Waals surface area contributed by atoms with Gasteiger partial charge in [0.1, 0.15) is 5.75 Å². The van der Waals surface area contributed by atoms with Crippen LogP contribution in [0.3, 0.4) is 0 Å². The minimum Gasteiger partial charge on any atom is -0.480 e. The van der Waals surface area contributed by atoms with Crippen molar-refractivity contribution in [3.05, 3.63) is 28.8 Å². The summed E-state index contributed by atoms with van der Waals surface area (Å²) in [7, 11) is 0. The van der Waals surface area contributed by atoms with Gasteiger partial charge in [0.25, 0.3) is 5.91 Å².